The van der Waals surface area contributed by atoms with Crippen molar-refractivity contribution in [2.45, 2.75) is 25.8 Å². The number of carboxylic acid groups (broad SMARTS) is 1. The zero-order valence-corrected chi connectivity index (χ0v) is 5.83. The molecule has 0 spiro atoms. The molecule has 0 radical (unpaired) electrons. The molecule has 0 aromatic rings. The van der Waals surface area contributed by atoms with Crippen LogP contribution in [0.4, 0.5) is 0 Å². The van der Waals surface area contributed by atoms with Crippen LogP contribution in [0.15, 0.2) is 0 Å². The molecular formula is C6H11NO3. The maximum absolute atomic E-state index is 10.5. The molecule has 0 aliphatic rings. The lowest BCUT2D eigenvalue weighted by Crippen LogP contribution is -2.35. The number of carbonyl (C=O) groups excluding carboxylic acids is 1. The number of aliphatic carboxylic acids is 1. The van der Waals surface area contributed by atoms with Gasteiger partial charge in [-0.1, -0.05) is 13.3 Å². The second-order valence-corrected chi connectivity index (χ2v) is 2.06. The molecule has 58 valence electrons. The molecule has 0 rings (SSSR count). The summed E-state index contributed by atoms with van der Waals surface area (Å²) in [6.45, 7) is 1.84. The lowest BCUT2D eigenvalue weighted by atomic mass is 10.1. The van der Waals surface area contributed by atoms with Crippen molar-refractivity contribution in [3.05, 3.63) is 0 Å². The Morgan fingerprint density at radius 3 is 2.40 bits per heavy atom. The minimum Gasteiger partial charge on any atom is -0.475 e. The largest absolute Gasteiger partial charge is 0.475 e. The van der Waals surface area contributed by atoms with Crippen molar-refractivity contribution in [3.8, 4) is 0 Å². The molecule has 0 saturated heterocycles. The monoisotopic (exact) mass is 145 g/mol. The Morgan fingerprint density at radius 2 is 2.10 bits per heavy atom. The molecule has 0 heterocycles. The molecule has 0 amide bonds. The summed E-state index contributed by atoms with van der Waals surface area (Å²) >= 11 is 0. The van der Waals surface area contributed by atoms with Crippen LogP contribution in [0.1, 0.15) is 19.8 Å². The fraction of sp³-hybridized carbons (Fsp3) is 0.667. The van der Waals surface area contributed by atoms with Crippen molar-refractivity contribution >= 4 is 11.8 Å². The molecule has 0 aromatic heterocycles. The van der Waals surface area contributed by atoms with Gasteiger partial charge in [0, 0.05) is 0 Å². The summed E-state index contributed by atoms with van der Waals surface area (Å²) in [6, 6.07) is -0.831. The number of nitrogens with two attached hydrogens (primary N) is 1. The number of hydrogen-bond acceptors (Lipinski definition) is 3. The Balaban J connectivity index is 3.82. The van der Waals surface area contributed by atoms with E-state index in [1.54, 1.807) is 0 Å². The van der Waals surface area contributed by atoms with Gasteiger partial charge in [-0.25, -0.2) is 4.79 Å². The first-order valence-electron chi connectivity index (χ1n) is 3.12. The van der Waals surface area contributed by atoms with E-state index in [4.69, 9.17) is 10.8 Å². The molecule has 0 aromatic carbocycles. The van der Waals surface area contributed by atoms with Crippen LogP contribution in [0.2, 0.25) is 0 Å². The molecule has 10 heavy (non-hydrogen) atoms. The van der Waals surface area contributed by atoms with Gasteiger partial charge >= 0.3 is 5.97 Å². The summed E-state index contributed by atoms with van der Waals surface area (Å²) in [4.78, 5) is 20.5. The van der Waals surface area contributed by atoms with Gasteiger partial charge in [-0.15, -0.1) is 0 Å². The summed E-state index contributed by atoms with van der Waals surface area (Å²) in [5, 5.41) is 8.15. The van der Waals surface area contributed by atoms with Gasteiger partial charge in [0.2, 0.25) is 0 Å². The molecule has 4 nitrogen and oxygen atoms in total. The summed E-state index contributed by atoms with van der Waals surface area (Å²) in [5.41, 5.74) is 5.20. The van der Waals surface area contributed by atoms with Crippen molar-refractivity contribution in [1.82, 2.24) is 0 Å². The Hall–Kier alpha value is -0.900. The maximum Gasteiger partial charge on any atom is 0.373 e. The van der Waals surface area contributed by atoms with Crippen LogP contribution in [-0.4, -0.2) is 22.9 Å². The predicted octanol–water partition coefficient (Wildman–Crippen LogP) is -0.232. The van der Waals surface area contributed by atoms with E-state index in [0.29, 0.717) is 6.42 Å². The number of hydrogen-bond donors (Lipinski definition) is 2. The van der Waals surface area contributed by atoms with Crippen LogP contribution in [0.3, 0.4) is 0 Å². The molecule has 0 fully saturated rings. The topological polar surface area (TPSA) is 80.4 Å². The Morgan fingerprint density at radius 1 is 1.60 bits per heavy atom. The molecule has 0 saturated carbocycles. The molecule has 1 unspecified atom stereocenters. The lowest BCUT2D eigenvalue weighted by molar-refractivity contribution is -0.149. The SMILES string of the molecule is CCCC(N)C(=O)C(=O)O. The van der Waals surface area contributed by atoms with E-state index in [1.807, 2.05) is 6.92 Å². The zero-order valence-electron chi connectivity index (χ0n) is 5.83. The lowest BCUT2D eigenvalue weighted by Gasteiger charge is -2.03. The van der Waals surface area contributed by atoms with E-state index in [2.05, 4.69) is 0 Å². The van der Waals surface area contributed by atoms with Crippen molar-refractivity contribution in [2.75, 3.05) is 0 Å². The zero-order chi connectivity index (χ0) is 8.15. The third-order valence-corrected chi connectivity index (χ3v) is 1.15. The predicted molar refractivity (Wildman–Crippen MR) is 35.5 cm³/mol. The van der Waals surface area contributed by atoms with Gasteiger partial charge in [-0.05, 0) is 6.42 Å². The highest BCUT2D eigenvalue weighted by Gasteiger charge is 2.19. The first-order valence-corrected chi connectivity index (χ1v) is 3.12. The molecule has 1 atom stereocenters. The van der Waals surface area contributed by atoms with Crippen LogP contribution >= 0.6 is 0 Å². The van der Waals surface area contributed by atoms with Gasteiger partial charge in [-0.2, -0.15) is 0 Å². The van der Waals surface area contributed by atoms with Crippen LogP contribution in [0, 0.1) is 0 Å². The molecule has 3 N–H and O–H groups in total. The normalized spacial score (nSPS) is 12.6. The summed E-state index contributed by atoms with van der Waals surface area (Å²) in [7, 11) is 0. The highest BCUT2D eigenvalue weighted by Crippen LogP contribution is 1.93. The van der Waals surface area contributed by atoms with Gasteiger partial charge < -0.3 is 10.8 Å². The molecule has 0 aliphatic heterocycles. The van der Waals surface area contributed by atoms with Gasteiger partial charge in [0.25, 0.3) is 5.78 Å². The van der Waals surface area contributed by atoms with E-state index in [9.17, 15) is 9.59 Å². The minimum atomic E-state index is -1.44. The van der Waals surface area contributed by atoms with E-state index in [-0.39, 0.29) is 0 Å². The minimum absolute atomic E-state index is 0.436. The fourth-order valence-electron chi connectivity index (χ4n) is 0.601. The smallest absolute Gasteiger partial charge is 0.373 e. The van der Waals surface area contributed by atoms with Crippen molar-refractivity contribution in [3.63, 3.8) is 0 Å². The average Bonchev–Trinajstić information content (AvgIpc) is 1.87. The Labute approximate surface area is 59.0 Å². The second kappa shape index (κ2) is 4.00. The number of rotatable bonds is 4. The number of ketones is 1. The molecule has 0 bridgehead atoms. The van der Waals surface area contributed by atoms with Gasteiger partial charge in [0.05, 0.1) is 6.04 Å². The molecular weight excluding hydrogens is 134 g/mol. The summed E-state index contributed by atoms with van der Waals surface area (Å²) < 4.78 is 0. The quantitative estimate of drug-likeness (QED) is 0.535. The third-order valence-electron chi connectivity index (χ3n) is 1.15. The van der Waals surface area contributed by atoms with E-state index < -0.39 is 17.8 Å². The van der Waals surface area contributed by atoms with Crippen LogP contribution in [0.25, 0.3) is 0 Å². The first-order chi connectivity index (χ1) is 4.59. The Kier molecular flexibility index (Phi) is 3.64. The van der Waals surface area contributed by atoms with E-state index >= 15 is 0 Å². The summed E-state index contributed by atoms with van der Waals surface area (Å²) in [6.07, 6.45) is 1.16. The molecule has 0 aliphatic carbocycles. The van der Waals surface area contributed by atoms with Crippen LogP contribution < -0.4 is 5.73 Å². The molecule has 4 heteroatoms. The highest BCUT2D eigenvalue weighted by atomic mass is 16.4. The van der Waals surface area contributed by atoms with Crippen molar-refractivity contribution in [1.29, 1.82) is 0 Å². The fourth-order valence-corrected chi connectivity index (χ4v) is 0.601. The first kappa shape index (κ1) is 9.10. The van der Waals surface area contributed by atoms with Crippen molar-refractivity contribution < 1.29 is 14.7 Å². The number of carbonyl (C=O) groups is 2. The van der Waals surface area contributed by atoms with Crippen molar-refractivity contribution in [2.24, 2.45) is 5.73 Å². The standard InChI is InChI=1S/C6H11NO3/c1-2-3-4(7)5(8)6(9)10/h4H,2-3,7H2,1H3,(H,9,10). The van der Waals surface area contributed by atoms with Gasteiger partial charge in [0.15, 0.2) is 0 Å². The van der Waals surface area contributed by atoms with Gasteiger partial charge in [0.1, 0.15) is 0 Å². The van der Waals surface area contributed by atoms with E-state index in [1.165, 1.54) is 0 Å². The van der Waals surface area contributed by atoms with Gasteiger partial charge in [-0.3, -0.25) is 4.79 Å². The highest BCUT2D eigenvalue weighted by molar-refractivity contribution is 6.34. The third kappa shape index (κ3) is 2.59. The van der Waals surface area contributed by atoms with E-state index in [0.717, 1.165) is 6.42 Å². The number of carboxylic acids is 1. The maximum atomic E-state index is 10.5. The Bertz CT molecular complexity index is 144. The average molecular weight is 145 g/mol. The second-order valence-electron chi connectivity index (χ2n) is 2.06. The number of Topliss-reactive ketones (excluding diaryl/α,β-unsaturated/α-hetero) is 1. The summed E-state index contributed by atoms with van der Waals surface area (Å²) in [5.74, 6) is -2.34. The van der Waals surface area contributed by atoms with Crippen LogP contribution in [0.5, 0.6) is 0 Å². The van der Waals surface area contributed by atoms with Crippen LogP contribution in [-0.2, 0) is 9.59 Å².